The van der Waals surface area contributed by atoms with Crippen LogP contribution in [0.3, 0.4) is 0 Å². The van der Waals surface area contributed by atoms with Gasteiger partial charge in [-0.15, -0.1) is 0 Å². The highest BCUT2D eigenvalue weighted by atomic mass is 79.9. The number of rotatable bonds is 1. The molecule has 0 unspecified atom stereocenters. The summed E-state index contributed by atoms with van der Waals surface area (Å²) in [5.74, 6) is 0. The average Bonchev–Trinajstić information content (AvgIpc) is 2.54. The molecule has 1 aromatic heterocycles. The molecule has 0 saturated carbocycles. The van der Waals surface area contributed by atoms with Crippen molar-refractivity contribution in [1.82, 2.24) is 4.90 Å². The fourth-order valence-corrected chi connectivity index (χ4v) is 3.07. The second-order valence-electron chi connectivity index (χ2n) is 7.06. The van der Waals surface area contributed by atoms with Crippen LogP contribution in [0.2, 0.25) is 0 Å². The summed E-state index contributed by atoms with van der Waals surface area (Å²) in [6.45, 7) is 8.18. The van der Waals surface area contributed by atoms with Gasteiger partial charge in [-0.3, -0.25) is 0 Å². The topological polar surface area (TPSA) is 63.0 Å². The summed E-state index contributed by atoms with van der Waals surface area (Å²) in [5, 5.41) is 0.864. The van der Waals surface area contributed by atoms with E-state index in [9.17, 15) is 9.59 Å². The number of piperazine rings is 1. The van der Waals surface area contributed by atoms with E-state index < -0.39 is 5.60 Å². The molecule has 1 saturated heterocycles. The lowest BCUT2D eigenvalue weighted by atomic mass is 10.2. The lowest BCUT2D eigenvalue weighted by Crippen LogP contribution is -2.50. The molecule has 0 spiro atoms. The molecule has 25 heavy (non-hydrogen) atoms. The number of carbonyl (C=O) groups excluding carboxylic acids is 1. The average molecular weight is 409 g/mol. The highest BCUT2D eigenvalue weighted by molar-refractivity contribution is 9.10. The molecule has 2 aromatic rings. The Morgan fingerprint density at radius 1 is 1.16 bits per heavy atom. The third kappa shape index (κ3) is 4.15. The van der Waals surface area contributed by atoms with E-state index in [1.54, 1.807) is 11.0 Å². The normalized spacial score (nSPS) is 15.5. The molecule has 1 aliphatic rings. The molecule has 7 heteroatoms. The van der Waals surface area contributed by atoms with E-state index >= 15 is 0 Å². The van der Waals surface area contributed by atoms with Crippen molar-refractivity contribution in [3.05, 3.63) is 39.2 Å². The zero-order valence-corrected chi connectivity index (χ0v) is 16.1. The van der Waals surface area contributed by atoms with Gasteiger partial charge in [-0.1, -0.05) is 0 Å². The monoisotopic (exact) mass is 408 g/mol. The first-order valence-corrected chi connectivity index (χ1v) is 8.98. The predicted molar refractivity (Wildman–Crippen MR) is 100 cm³/mol. The second-order valence-corrected chi connectivity index (χ2v) is 7.91. The summed E-state index contributed by atoms with van der Waals surface area (Å²) in [7, 11) is 0. The molecule has 2 heterocycles. The fraction of sp³-hybridized carbons (Fsp3) is 0.444. The van der Waals surface area contributed by atoms with Crippen LogP contribution in [-0.4, -0.2) is 42.8 Å². The largest absolute Gasteiger partial charge is 0.444 e. The highest BCUT2D eigenvalue weighted by Crippen LogP contribution is 2.24. The first kappa shape index (κ1) is 17.8. The maximum Gasteiger partial charge on any atom is 0.410 e. The van der Waals surface area contributed by atoms with Gasteiger partial charge >= 0.3 is 11.7 Å². The Morgan fingerprint density at radius 3 is 2.48 bits per heavy atom. The first-order chi connectivity index (χ1) is 11.7. The minimum atomic E-state index is -0.488. The number of anilines is 1. The van der Waals surface area contributed by atoms with Crippen molar-refractivity contribution in [2.24, 2.45) is 0 Å². The van der Waals surface area contributed by atoms with Gasteiger partial charge in [-0.25, -0.2) is 9.59 Å². The number of hydrogen-bond acceptors (Lipinski definition) is 5. The Kier molecular flexibility index (Phi) is 4.77. The third-order valence-electron chi connectivity index (χ3n) is 3.97. The van der Waals surface area contributed by atoms with Gasteiger partial charge in [-0.2, -0.15) is 0 Å². The number of benzene rings is 1. The van der Waals surface area contributed by atoms with E-state index in [1.807, 2.05) is 39.0 Å². The molecule has 1 fully saturated rings. The molecule has 0 aliphatic carbocycles. The van der Waals surface area contributed by atoms with E-state index in [-0.39, 0.29) is 11.7 Å². The number of carbonyl (C=O) groups is 1. The van der Waals surface area contributed by atoms with Crippen LogP contribution in [-0.2, 0) is 4.74 Å². The Hall–Kier alpha value is -2.02. The van der Waals surface area contributed by atoms with Crippen LogP contribution in [0.5, 0.6) is 0 Å². The summed E-state index contributed by atoms with van der Waals surface area (Å²) in [6, 6.07) is 7.55. The minimum absolute atomic E-state index is 0.276. The summed E-state index contributed by atoms with van der Waals surface area (Å²) in [5.41, 5.74) is 0.653. The molecule has 0 bridgehead atoms. The van der Waals surface area contributed by atoms with Crippen molar-refractivity contribution in [2.75, 3.05) is 31.1 Å². The van der Waals surface area contributed by atoms with Crippen LogP contribution in [0, 0.1) is 0 Å². The van der Waals surface area contributed by atoms with E-state index in [0.29, 0.717) is 36.2 Å². The lowest BCUT2D eigenvalue weighted by Gasteiger charge is -2.36. The van der Waals surface area contributed by atoms with Gasteiger partial charge in [0.1, 0.15) is 15.7 Å². The fourth-order valence-electron chi connectivity index (χ4n) is 2.75. The second kappa shape index (κ2) is 6.71. The van der Waals surface area contributed by atoms with Crippen molar-refractivity contribution in [3.63, 3.8) is 0 Å². The number of fused-ring (bicyclic) bond motifs is 1. The van der Waals surface area contributed by atoms with Crippen molar-refractivity contribution >= 4 is 38.7 Å². The number of amides is 1. The smallest absolute Gasteiger partial charge is 0.410 e. The van der Waals surface area contributed by atoms with Gasteiger partial charge < -0.3 is 19.0 Å². The lowest BCUT2D eigenvalue weighted by molar-refractivity contribution is 0.0240. The van der Waals surface area contributed by atoms with Crippen molar-refractivity contribution < 1.29 is 13.9 Å². The third-order valence-corrected chi connectivity index (χ3v) is 4.53. The summed E-state index contributed by atoms with van der Waals surface area (Å²) >= 11 is 3.19. The zero-order chi connectivity index (χ0) is 18.2. The van der Waals surface area contributed by atoms with Gasteiger partial charge in [0.05, 0.1) is 0 Å². The molecule has 0 radical (unpaired) electrons. The van der Waals surface area contributed by atoms with Crippen LogP contribution < -0.4 is 10.5 Å². The Balaban J connectivity index is 1.70. The van der Waals surface area contributed by atoms with Gasteiger partial charge in [0.25, 0.3) is 0 Å². The zero-order valence-electron chi connectivity index (χ0n) is 14.5. The molecule has 0 N–H and O–H groups in total. The van der Waals surface area contributed by atoms with E-state index in [1.165, 1.54) is 0 Å². The van der Waals surface area contributed by atoms with E-state index in [2.05, 4.69) is 20.8 Å². The molecule has 0 atom stereocenters. The van der Waals surface area contributed by atoms with Gasteiger partial charge in [-0.05, 0) is 54.9 Å². The van der Waals surface area contributed by atoms with Gasteiger partial charge in [0, 0.05) is 43.3 Å². The molecule has 1 aromatic carbocycles. The quantitative estimate of drug-likeness (QED) is 0.674. The van der Waals surface area contributed by atoms with Crippen LogP contribution in [0.1, 0.15) is 20.8 Å². The predicted octanol–water partition coefficient (Wildman–Crippen LogP) is 3.61. The number of nitrogens with zero attached hydrogens (tertiary/aromatic N) is 2. The van der Waals surface area contributed by atoms with Gasteiger partial charge in [0.15, 0.2) is 0 Å². The van der Waals surface area contributed by atoms with Crippen molar-refractivity contribution in [1.29, 1.82) is 0 Å². The summed E-state index contributed by atoms with van der Waals surface area (Å²) in [6.07, 6.45) is -0.276. The summed E-state index contributed by atoms with van der Waals surface area (Å²) in [4.78, 5) is 27.7. The number of ether oxygens (including phenoxy) is 1. The Morgan fingerprint density at radius 2 is 1.84 bits per heavy atom. The molecule has 6 nitrogen and oxygen atoms in total. The maximum atomic E-state index is 12.1. The molecular formula is C18H21BrN2O4. The van der Waals surface area contributed by atoms with Crippen LogP contribution >= 0.6 is 15.9 Å². The molecule has 3 rings (SSSR count). The van der Waals surface area contributed by atoms with Crippen molar-refractivity contribution in [3.8, 4) is 0 Å². The van der Waals surface area contributed by atoms with E-state index in [4.69, 9.17) is 9.15 Å². The highest BCUT2D eigenvalue weighted by Gasteiger charge is 2.26. The standard InChI is InChI=1S/C18H21BrN2O4/c1-18(2,3)25-17(23)21-8-6-20(7-9-21)13-5-4-12-10-14(19)16(22)24-15(12)11-13/h4-5,10-11H,6-9H2,1-3H3. The van der Waals surface area contributed by atoms with E-state index in [0.717, 1.165) is 11.1 Å². The van der Waals surface area contributed by atoms with Gasteiger partial charge in [0.2, 0.25) is 0 Å². The molecule has 1 amide bonds. The molecule has 134 valence electrons. The SMILES string of the molecule is CC(C)(C)OC(=O)N1CCN(c2ccc3cc(Br)c(=O)oc3c2)CC1. The number of hydrogen-bond donors (Lipinski definition) is 0. The van der Waals surface area contributed by atoms with Crippen LogP contribution in [0.25, 0.3) is 11.0 Å². The first-order valence-electron chi connectivity index (χ1n) is 8.19. The number of halogens is 1. The van der Waals surface area contributed by atoms with Crippen LogP contribution in [0.15, 0.2) is 37.9 Å². The molecular weight excluding hydrogens is 388 g/mol. The Labute approximate surface area is 154 Å². The maximum absolute atomic E-state index is 12.1. The summed E-state index contributed by atoms with van der Waals surface area (Å²) < 4.78 is 11.2. The Bertz CT molecular complexity index is 848. The van der Waals surface area contributed by atoms with Crippen molar-refractivity contribution in [2.45, 2.75) is 26.4 Å². The van der Waals surface area contributed by atoms with Crippen LogP contribution in [0.4, 0.5) is 10.5 Å². The minimum Gasteiger partial charge on any atom is -0.444 e. The molecule has 1 aliphatic heterocycles.